The van der Waals surface area contributed by atoms with Crippen molar-refractivity contribution in [1.29, 1.82) is 0 Å². The predicted octanol–water partition coefficient (Wildman–Crippen LogP) is 3.31. The summed E-state index contributed by atoms with van der Waals surface area (Å²) in [6.45, 7) is 0.602. The predicted molar refractivity (Wildman–Crippen MR) is 86.1 cm³/mol. The summed E-state index contributed by atoms with van der Waals surface area (Å²) in [5.41, 5.74) is 6.12. The standard InChI is InChI=1S/C14H20Cl2N2O2S/c15-12-8-13(16)14(7-11(12)9-17)21(19,20)18-6-5-10-3-1-2-4-10/h7-8,10,18H,1-6,9,17H2. The summed E-state index contributed by atoms with van der Waals surface area (Å²) >= 11 is 12.0. The van der Waals surface area contributed by atoms with Crippen molar-refractivity contribution in [3.8, 4) is 0 Å². The van der Waals surface area contributed by atoms with Crippen molar-refractivity contribution in [1.82, 2.24) is 4.72 Å². The van der Waals surface area contributed by atoms with Crippen LogP contribution in [0.2, 0.25) is 10.0 Å². The fraction of sp³-hybridized carbons (Fsp3) is 0.571. The van der Waals surface area contributed by atoms with Gasteiger partial charge in [-0.1, -0.05) is 48.9 Å². The first-order chi connectivity index (χ1) is 9.94. The third-order valence-electron chi connectivity index (χ3n) is 3.93. The summed E-state index contributed by atoms with van der Waals surface area (Å²) in [5.74, 6) is 0.632. The van der Waals surface area contributed by atoms with Crippen LogP contribution in [0.1, 0.15) is 37.7 Å². The first kappa shape index (κ1) is 17.0. The van der Waals surface area contributed by atoms with Crippen molar-refractivity contribution in [3.05, 3.63) is 27.7 Å². The quantitative estimate of drug-likeness (QED) is 0.826. The van der Waals surface area contributed by atoms with Crippen LogP contribution in [0.15, 0.2) is 17.0 Å². The monoisotopic (exact) mass is 350 g/mol. The zero-order chi connectivity index (χ0) is 15.5. The van der Waals surface area contributed by atoms with Gasteiger partial charge in [-0.25, -0.2) is 13.1 Å². The molecule has 1 saturated carbocycles. The zero-order valence-corrected chi connectivity index (χ0v) is 14.1. The van der Waals surface area contributed by atoms with Crippen LogP contribution in [0, 0.1) is 5.92 Å². The highest BCUT2D eigenvalue weighted by atomic mass is 35.5. The molecule has 21 heavy (non-hydrogen) atoms. The lowest BCUT2D eigenvalue weighted by Crippen LogP contribution is -2.26. The van der Waals surface area contributed by atoms with Gasteiger partial charge in [0.15, 0.2) is 0 Å². The van der Waals surface area contributed by atoms with Crippen LogP contribution >= 0.6 is 23.2 Å². The van der Waals surface area contributed by atoms with Gasteiger partial charge >= 0.3 is 0 Å². The van der Waals surface area contributed by atoms with E-state index >= 15 is 0 Å². The molecular weight excluding hydrogens is 331 g/mol. The van der Waals surface area contributed by atoms with E-state index in [0.717, 1.165) is 6.42 Å². The lowest BCUT2D eigenvalue weighted by atomic mass is 10.1. The van der Waals surface area contributed by atoms with Crippen molar-refractivity contribution < 1.29 is 8.42 Å². The largest absolute Gasteiger partial charge is 0.326 e. The molecule has 0 radical (unpaired) electrons. The minimum absolute atomic E-state index is 0.0421. The second-order valence-corrected chi connectivity index (χ2v) is 7.96. The second kappa shape index (κ2) is 7.29. The SMILES string of the molecule is NCc1cc(S(=O)(=O)NCCC2CCCC2)c(Cl)cc1Cl. The van der Waals surface area contributed by atoms with Gasteiger partial charge in [0.2, 0.25) is 10.0 Å². The molecule has 0 amide bonds. The molecule has 0 atom stereocenters. The zero-order valence-electron chi connectivity index (χ0n) is 11.7. The van der Waals surface area contributed by atoms with Crippen LogP contribution in [0.3, 0.4) is 0 Å². The first-order valence-corrected chi connectivity index (χ1v) is 9.35. The van der Waals surface area contributed by atoms with E-state index in [2.05, 4.69) is 4.72 Å². The number of rotatable bonds is 6. The van der Waals surface area contributed by atoms with Gasteiger partial charge in [0.05, 0.1) is 5.02 Å². The van der Waals surface area contributed by atoms with E-state index in [4.69, 9.17) is 28.9 Å². The Hall–Kier alpha value is -0.330. The number of hydrogen-bond donors (Lipinski definition) is 2. The molecule has 7 heteroatoms. The van der Waals surface area contributed by atoms with Crippen molar-refractivity contribution in [3.63, 3.8) is 0 Å². The van der Waals surface area contributed by atoms with Crippen molar-refractivity contribution >= 4 is 33.2 Å². The molecule has 0 aromatic heterocycles. The van der Waals surface area contributed by atoms with E-state index in [1.54, 1.807) is 0 Å². The first-order valence-electron chi connectivity index (χ1n) is 7.11. The molecule has 0 saturated heterocycles. The normalized spacial score (nSPS) is 16.5. The molecule has 0 unspecified atom stereocenters. The van der Waals surface area contributed by atoms with Crippen LogP contribution in [0.25, 0.3) is 0 Å². The van der Waals surface area contributed by atoms with Crippen LogP contribution in [0.5, 0.6) is 0 Å². The van der Waals surface area contributed by atoms with Gasteiger partial charge in [0, 0.05) is 18.1 Å². The summed E-state index contributed by atoms with van der Waals surface area (Å²) < 4.78 is 27.3. The molecule has 0 aliphatic heterocycles. The average molecular weight is 351 g/mol. The number of nitrogens with one attached hydrogen (secondary N) is 1. The lowest BCUT2D eigenvalue weighted by Gasteiger charge is -2.13. The van der Waals surface area contributed by atoms with E-state index in [1.807, 2.05) is 0 Å². The number of hydrogen-bond acceptors (Lipinski definition) is 3. The minimum atomic E-state index is -3.63. The van der Waals surface area contributed by atoms with Crippen LogP contribution in [-0.4, -0.2) is 15.0 Å². The van der Waals surface area contributed by atoms with Gasteiger partial charge < -0.3 is 5.73 Å². The smallest absolute Gasteiger partial charge is 0.242 e. The summed E-state index contributed by atoms with van der Waals surface area (Å²) in [6, 6.07) is 2.87. The Labute approximate surface area is 136 Å². The fourth-order valence-electron chi connectivity index (χ4n) is 2.71. The lowest BCUT2D eigenvalue weighted by molar-refractivity contribution is 0.495. The Morgan fingerprint density at radius 2 is 1.86 bits per heavy atom. The molecule has 3 N–H and O–H groups in total. The Kier molecular flexibility index (Phi) is 5.91. The van der Waals surface area contributed by atoms with Gasteiger partial charge in [0.25, 0.3) is 0 Å². The molecule has 1 aliphatic rings. The molecule has 0 spiro atoms. The molecule has 1 aromatic carbocycles. The Bertz CT molecular complexity index is 599. The molecule has 118 valence electrons. The molecule has 2 rings (SSSR count). The summed E-state index contributed by atoms with van der Waals surface area (Å²) in [6.07, 6.45) is 5.76. The van der Waals surface area contributed by atoms with Gasteiger partial charge in [-0.3, -0.25) is 0 Å². The minimum Gasteiger partial charge on any atom is -0.326 e. The topological polar surface area (TPSA) is 72.2 Å². The Morgan fingerprint density at radius 3 is 2.48 bits per heavy atom. The summed E-state index contributed by atoms with van der Waals surface area (Å²) in [4.78, 5) is 0.0421. The van der Waals surface area contributed by atoms with Crippen molar-refractivity contribution in [2.45, 2.75) is 43.5 Å². The van der Waals surface area contributed by atoms with Crippen LogP contribution in [-0.2, 0) is 16.6 Å². The molecule has 1 aromatic rings. The van der Waals surface area contributed by atoms with Gasteiger partial charge in [-0.05, 0) is 30.0 Å². The number of nitrogens with two attached hydrogens (primary N) is 1. The van der Waals surface area contributed by atoms with E-state index in [-0.39, 0.29) is 16.5 Å². The van der Waals surface area contributed by atoms with Gasteiger partial charge in [0.1, 0.15) is 4.90 Å². The number of benzene rings is 1. The molecule has 0 heterocycles. The highest BCUT2D eigenvalue weighted by Crippen LogP contribution is 2.29. The van der Waals surface area contributed by atoms with E-state index in [9.17, 15) is 8.42 Å². The fourth-order valence-corrected chi connectivity index (χ4v) is 4.63. The van der Waals surface area contributed by atoms with Crippen molar-refractivity contribution in [2.75, 3.05) is 6.54 Å². The van der Waals surface area contributed by atoms with Crippen molar-refractivity contribution in [2.24, 2.45) is 11.7 Å². The highest BCUT2D eigenvalue weighted by molar-refractivity contribution is 7.89. The van der Waals surface area contributed by atoms with Gasteiger partial charge in [-0.2, -0.15) is 0 Å². The molecule has 1 aliphatic carbocycles. The van der Waals surface area contributed by atoms with E-state index < -0.39 is 10.0 Å². The maximum Gasteiger partial charge on any atom is 0.242 e. The van der Waals surface area contributed by atoms with E-state index in [0.29, 0.717) is 23.0 Å². The van der Waals surface area contributed by atoms with E-state index in [1.165, 1.54) is 37.8 Å². The molecule has 1 fully saturated rings. The highest BCUT2D eigenvalue weighted by Gasteiger charge is 2.21. The summed E-state index contributed by atoms with van der Waals surface area (Å²) in [5, 5.41) is 0.498. The Balaban J connectivity index is 2.07. The van der Waals surface area contributed by atoms with Crippen LogP contribution in [0.4, 0.5) is 0 Å². The maximum absolute atomic E-state index is 12.3. The molecular formula is C14H20Cl2N2O2S. The second-order valence-electron chi connectivity index (χ2n) is 5.42. The number of sulfonamides is 1. The summed E-state index contributed by atoms with van der Waals surface area (Å²) in [7, 11) is -3.63. The third kappa shape index (κ3) is 4.33. The van der Waals surface area contributed by atoms with Crippen LogP contribution < -0.4 is 10.5 Å². The average Bonchev–Trinajstić information content (AvgIpc) is 2.91. The Morgan fingerprint density at radius 1 is 1.19 bits per heavy atom. The molecule has 0 bridgehead atoms. The third-order valence-corrected chi connectivity index (χ3v) is 6.21. The molecule has 4 nitrogen and oxygen atoms in total. The van der Waals surface area contributed by atoms with Gasteiger partial charge in [-0.15, -0.1) is 0 Å². The number of halogens is 2. The maximum atomic E-state index is 12.3.